The van der Waals surface area contributed by atoms with Crippen LogP contribution in [0.3, 0.4) is 0 Å². The summed E-state index contributed by atoms with van der Waals surface area (Å²) < 4.78 is 10.5. The molecule has 0 saturated heterocycles. The van der Waals surface area contributed by atoms with Gasteiger partial charge in [0.05, 0.1) is 38.0 Å². The van der Waals surface area contributed by atoms with Gasteiger partial charge in [-0.2, -0.15) is 5.26 Å². The molecule has 0 saturated carbocycles. The molecule has 142 valence electrons. The number of amides is 1. The molecule has 7 heteroatoms. The minimum Gasteiger partial charge on any atom is -0.493 e. The van der Waals surface area contributed by atoms with Gasteiger partial charge in [-0.3, -0.25) is 4.79 Å². The van der Waals surface area contributed by atoms with Crippen LogP contribution >= 0.6 is 0 Å². The molecule has 0 aliphatic heterocycles. The number of hydrogen-bond donors (Lipinski definition) is 3. The van der Waals surface area contributed by atoms with E-state index < -0.39 is 0 Å². The molecule has 1 atom stereocenters. The van der Waals surface area contributed by atoms with Crippen LogP contribution in [0.5, 0.6) is 11.5 Å². The number of nitrogens with one attached hydrogen (secondary N) is 2. The van der Waals surface area contributed by atoms with Crippen LogP contribution < -0.4 is 20.1 Å². The summed E-state index contributed by atoms with van der Waals surface area (Å²) >= 11 is 0. The lowest BCUT2D eigenvalue weighted by molar-refractivity contribution is 0.0951. The normalized spacial score (nSPS) is 11.2. The monoisotopic (exact) mass is 369 g/mol. The van der Waals surface area contributed by atoms with Gasteiger partial charge in [0.15, 0.2) is 11.5 Å². The Morgan fingerprint density at radius 2 is 1.93 bits per heavy atom. The molecule has 3 N–H and O–H groups in total. The van der Waals surface area contributed by atoms with Crippen molar-refractivity contribution >= 4 is 11.6 Å². The third-order valence-corrected chi connectivity index (χ3v) is 3.97. The van der Waals surface area contributed by atoms with Gasteiger partial charge >= 0.3 is 0 Å². The minimum absolute atomic E-state index is 0.0767. The van der Waals surface area contributed by atoms with Crippen molar-refractivity contribution in [3.63, 3.8) is 0 Å². The van der Waals surface area contributed by atoms with Crippen molar-refractivity contribution in [1.82, 2.24) is 5.32 Å². The summed E-state index contributed by atoms with van der Waals surface area (Å²) in [4.78, 5) is 12.7. The topological polar surface area (TPSA) is 104 Å². The first-order valence-electron chi connectivity index (χ1n) is 8.43. The zero-order valence-electron chi connectivity index (χ0n) is 15.6. The average Bonchev–Trinajstić information content (AvgIpc) is 2.71. The number of rotatable bonds is 8. The molecule has 2 aromatic rings. The molecule has 1 amide bonds. The molecule has 27 heavy (non-hydrogen) atoms. The Balaban J connectivity index is 2.18. The molecule has 2 rings (SSSR count). The van der Waals surface area contributed by atoms with Gasteiger partial charge in [-0.05, 0) is 42.8 Å². The number of ether oxygens (including phenoxy) is 2. The van der Waals surface area contributed by atoms with E-state index in [2.05, 4.69) is 10.6 Å². The molecule has 0 fully saturated rings. The lowest BCUT2D eigenvalue weighted by atomic mass is 10.1. The first kappa shape index (κ1) is 20.1. The molecule has 2 aromatic carbocycles. The number of carbonyl (C=O) groups is 1. The Morgan fingerprint density at radius 1 is 1.19 bits per heavy atom. The second-order valence-corrected chi connectivity index (χ2v) is 5.97. The van der Waals surface area contributed by atoms with E-state index in [9.17, 15) is 9.90 Å². The highest BCUT2D eigenvalue weighted by Gasteiger charge is 2.14. The number of nitrogens with zero attached hydrogens (tertiary/aromatic N) is 1. The van der Waals surface area contributed by atoms with E-state index in [-0.39, 0.29) is 25.1 Å². The molecule has 0 heterocycles. The fourth-order valence-corrected chi connectivity index (χ4v) is 2.51. The molecule has 0 aromatic heterocycles. The van der Waals surface area contributed by atoms with Gasteiger partial charge in [-0.1, -0.05) is 6.07 Å². The summed E-state index contributed by atoms with van der Waals surface area (Å²) in [5.74, 6) is 0.864. The molecule has 0 spiro atoms. The third kappa shape index (κ3) is 5.12. The second-order valence-electron chi connectivity index (χ2n) is 5.97. The number of nitriles is 1. The van der Waals surface area contributed by atoms with Crippen molar-refractivity contribution in [1.29, 1.82) is 5.26 Å². The van der Waals surface area contributed by atoms with E-state index in [0.29, 0.717) is 28.3 Å². The fraction of sp³-hybridized carbons (Fsp3) is 0.300. The van der Waals surface area contributed by atoms with E-state index in [0.717, 1.165) is 5.56 Å². The summed E-state index contributed by atoms with van der Waals surface area (Å²) in [6.07, 6.45) is 0. The smallest absolute Gasteiger partial charge is 0.253 e. The first-order valence-corrected chi connectivity index (χ1v) is 8.43. The maximum Gasteiger partial charge on any atom is 0.253 e. The van der Waals surface area contributed by atoms with Crippen LogP contribution in [0.15, 0.2) is 36.4 Å². The Hall–Kier alpha value is -3.24. The molecule has 0 unspecified atom stereocenters. The van der Waals surface area contributed by atoms with Gasteiger partial charge in [0.1, 0.15) is 0 Å². The number of aliphatic hydroxyl groups is 1. The number of benzene rings is 2. The van der Waals surface area contributed by atoms with Crippen LogP contribution in [0.4, 0.5) is 5.69 Å². The molecule has 0 radical (unpaired) electrons. The van der Waals surface area contributed by atoms with Crippen molar-refractivity contribution in [3.05, 3.63) is 53.1 Å². The standard InChI is InChI=1S/C20H23N3O4/c1-13(12-24)23-17-6-4-14(10-21)8-16(17)20(25)22-11-15-5-7-18(26-2)19(9-15)27-3/h4-9,13,23-24H,11-12H2,1-3H3,(H,22,25)/t13-/m0/s1. The van der Waals surface area contributed by atoms with Gasteiger partial charge in [-0.15, -0.1) is 0 Å². The van der Waals surface area contributed by atoms with E-state index in [1.807, 2.05) is 12.1 Å². The van der Waals surface area contributed by atoms with E-state index in [1.165, 1.54) is 6.07 Å². The SMILES string of the molecule is COc1ccc(CNC(=O)c2cc(C#N)ccc2N[C@@H](C)CO)cc1OC. The average molecular weight is 369 g/mol. The van der Waals surface area contributed by atoms with Crippen LogP contribution in [0.25, 0.3) is 0 Å². The molecular weight excluding hydrogens is 346 g/mol. The van der Waals surface area contributed by atoms with Crippen LogP contribution in [0.1, 0.15) is 28.4 Å². The number of methoxy groups -OCH3 is 2. The molecule has 7 nitrogen and oxygen atoms in total. The van der Waals surface area contributed by atoms with Crippen molar-refractivity contribution in [2.24, 2.45) is 0 Å². The summed E-state index contributed by atoms with van der Waals surface area (Å²) in [5, 5.41) is 24.2. The molecule has 0 aliphatic carbocycles. The van der Waals surface area contributed by atoms with Crippen molar-refractivity contribution in [2.75, 3.05) is 26.1 Å². The Kier molecular flexibility index (Phi) is 7.03. The first-order chi connectivity index (χ1) is 13.0. The van der Waals surface area contributed by atoms with Gasteiger partial charge in [-0.25, -0.2) is 0 Å². The highest BCUT2D eigenvalue weighted by Crippen LogP contribution is 2.27. The quantitative estimate of drug-likeness (QED) is 0.660. The lowest BCUT2D eigenvalue weighted by Gasteiger charge is -2.16. The number of carbonyl (C=O) groups excluding carboxylic acids is 1. The summed E-state index contributed by atoms with van der Waals surface area (Å²) in [6, 6.07) is 12.0. The predicted octanol–water partition coefficient (Wildman–Crippen LogP) is 2.30. The zero-order chi connectivity index (χ0) is 19.8. The number of anilines is 1. The highest BCUT2D eigenvalue weighted by atomic mass is 16.5. The van der Waals surface area contributed by atoms with Gasteiger partial charge < -0.3 is 25.2 Å². The maximum absolute atomic E-state index is 12.7. The predicted molar refractivity (Wildman–Crippen MR) is 102 cm³/mol. The minimum atomic E-state index is -0.325. The number of hydrogen-bond acceptors (Lipinski definition) is 6. The molecular formula is C20H23N3O4. The molecule has 0 aliphatic rings. The summed E-state index contributed by atoms with van der Waals surface area (Å²) in [7, 11) is 3.11. The van der Waals surface area contributed by atoms with E-state index >= 15 is 0 Å². The van der Waals surface area contributed by atoms with Gasteiger partial charge in [0.2, 0.25) is 0 Å². The van der Waals surface area contributed by atoms with Crippen molar-refractivity contribution in [2.45, 2.75) is 19.5 Å². The Morgan fingerprint density at radius 3 is 2.56 bits per heavy atom. The largest absolute Gasteiger partial charge is 0.493 e. The summed E-state index contributed by atoms with van der Waals surface area (Å²) in [6.45, 7) is 2.00. The van der Waals surface area contributed by atoms with Crippen LogP contribution in [-0.4, -0.2) is 37.9 Å². The van der Waals surface area contributed by atoms with Crippen molar-refractivity contribution in [3.8, 4) is 17.6 Å². The zero-order valence-corrected chi connectivity index (χ0v) is 15.6. The van der Waals surface area contributed by atoms with Crippen LogP contribution in [0.2, 0.25) is 0 Å². The van der Waals surface area contributed by atoms with E-state index in [4.69, 9.17) is 14.7 Å². The Labute approximate surface area is 158 Å². The lowest BCUT2D eigenvalue weighted by Crippen LogP contribution is -2.26. The number of aliphatic hydroxyl groups excluding tert-OH is 1. The second kappa shape index (κ2) is 9.46. The Bertz CT molecular complexity index is 846. The maximum atomic E-state index is 12.7. The van der Waals surface area contributed by atoms with Crippen LogP contribution in [-0.2, 0) is 6.54 Å². The van der Waals surface area contributed by atoms with Crippen molar-refractivity contribution < 1.29 is 19.4 Å². The summed E-state index contributed by atoms with van der Waals surface area (Å²) in [5.41, 5.74) is 2.12. The van der Waals surface area contributed by atoms with Gasteiger partial charge in [0.25, 0.3) is 5.91 Å². The van der Waals surface area contributed by atoms with E-state index in [1.54, 1.807) is 45.4 Å². The fourth-order valence-electron chi connectivity index (χ4n) is 2.51. The highest BCUT2D eigenvalue weighted by molar-refractivity contribution is 6.00. The third-order valence-electron chi connectivity index (χ3n) is 3.97. The van der Waals surface area contributed by atoms with Gasteiger partial charge in [0, 0.05) is 18.3 Å². The van der Waals surface area contributed by atoms with Crippen LogP contribution in [0, 0.1) is 11.3 Å². The molecule has 0 bridgehead atoms.